The Kier molecular flexibility index (Phi) is 5.93. The van der Waals surface area contributed by atoms with Gasteiger partial charge in [-0.25, -0.2) is 9.97 Å². The second-order valence-electron chi connectivity index (χ2n) is 6.56. The van der Waals surface area contributed by atoms with Gasteiger partial charge in [0.15, 0.2) is 0 Å². The Morgan fingerprint density at radius 1 is 1.31 bits per heavy atom. The molecule has 0 aliphatic carbocycles. The maximum absolute atomic E-state index is 12.1. The monoisotopic (exact) mass is 368 g/mol. The van der Waals surface area contributed by atoms with Crippen LogP contribution in [0.3, 0.4) is 0 Å². The number of nitrogens with one attached hydrogen (secondary N) is 1. The lowest BCUT2D eigenvalue weighted by Gasteiger charge is -2.13. The first-order valence-corrected chi connectivity index (χ1v) is 9.76. The van der Waals surface area contributed by atoms with Crippen molar-refractivity contribution in [2.24, 2.45) is 0 Å². The number of aromatic nitrogens is 3. The third-order valence-corrected chi connectivity index (χ3v) is 5.27. The maximum atomic E-state index is 12.1. The zero-order valence-electron chi connectivity index (χ0n) is 15.4. The van der Waals surface area contributed by atoms with Crippen LogP contribution in [0.1, 0.15) is 30.5 Å². The van der Waals surface area contributed by atoms with Gasteiger partial charge >= 0.3 is 0 Å². The van der Waals surface area contributed by atoms with Crippen molar-refractivity contribution in [2.75, 3.05) is 12.3 Å². The molecule has 0 saturated heterocycles. The summed E-state index contributed by atoms with van der Waals surface area (Å²) in [5, 5.41) is 5.15. The first-order chi connectivity index (χ1) is 12.5. The molecule has 0 aliphatic heterocycles. The van der Waals surface area contributed by atoms with E-state index in [2.05, 4.69) is 55.3 Å². The molecule has 0 spiro atoms. The zero-order valence-corrected chi connectivity index (χ0v) is 16.2. The van der Waals surface area contributed by atoms with Crippen molar-refractivity contribution in [3.63, 3.8) is 0 Å². The Labute approximate surface area is 158 Å². The SMILES string of the molecule is Cc1ccc2nc(SCCC(=O)NC[C@@H](C)n3ccnc3)cc(C)c2c1. The van der Waals surface area contributed by atoms with E-state index in [0.717, 1.165) is 16.3 Å². The summed E-state index contributed by atoms with van der Waals surface area (Å²) in [6, 6.07) is 8.61. The number of nitrogens with zero attached hydrogens (tertiary/aromatic N) is 3. The molecule has 3 aromatic rings. The third kappa shape index (κ3) is 4.64. The van der Waals surface area contributed by atoms with Crippen LogP contribution in [0.2, 0.25) is 0 Å². The van der Waals surface area contributed by atoms with Crippen molar-refractivity contribution >= 4 is 28.6 Å². The Morgan fingerprint density at radius 3 is 2.92 bits per heavy atom. The summed E-state index contributed by atoms with van der Waals surface area (Å²) in [6.07, 6.45) is 5.90. The largest absolute Gasteiger partial charge is 0.354 e. The number of aryl methyl sites for hydroxylation is 2. The average Bonchev–Trinajstić information content (AvgIpc) is 3.15. The molecule has 1 atom stereocenters. The molecule has 0 aliphatic rings. The number of rotatable bonds is 7. The van der Waals surface area contributed by atoms with Gasteiger partial charge < -0.3 is 9.88 Å². The van der Waals surface area contributed by atoms with E-state index in [1.807, 2.05) is 10.8 Å². The van der Waals surface area contributed by atoms with E-state index >= 15 is 0 Å². The zero-order chi connectivity index (χ0) is 18.5. The van der Waals surface area contributed by atoms with Crippen molar-refractivity contribution in [3.8, 4) is 0 Å². The van der Waals surface area contributed by atoms with Crippen LogP contribution in [0, 0.1) is 13.8 Å². The lowest BCUT2D eigenvalue weighted by Crippen LogP contribution is -2.29. The number of amides is 1. The minimum Gasteiger partial charge on any atom is -0.354 e. The first kappa shape index (κ1) is 18.5. The summed E-state index contributed by atoms with van der Waals surface area (Å²) >= 11 is 1.63. The van der Waals surface area contributed by atoms with E-state index in [1.165, 1.54) is 16.5 Å². The van der Waals surface area contributed by atoms with Crippen molar-refractivity contribution in [1.29, 1.82) is 0 Å². The Bertz CT molecular complexity index is 892. The molecule has 0 unspecified atom stereocenters. The molecule has 2 aromatic heterocycles. The summed E-state index contributed by atoms with van der Waals surface area (Å²) in [5.41, 5.74) is 3.47. The smallest absolute Gasteiger partial charge is 0.220 e. The Balaban J connectivity index is 1.49. The molecule has 0 saturated carbocycles. The number of benzene rings is 1. The highest BCUT2D eigenvalue weighted by atomic mass is 32.2. The number of imidazole rings is 1. The number of pyridine rings is 1. The van der Waals surface area contributed by atoms with Crippen LogP contribution in [0.4, 0.5) is 0 Å². The van der Waals surface area contributed by atoms with Gasteiger partial charge in [-0.1, -0.05) is 11.6 Å². The molecule has 1 amide bonds. The Morgan fingerprint density at radius 2 is 2.15 bits per heavy atom. The van der Waals surface area contributed by atoms with Crippen LogP contribution < -0.4 is 5.32 Å². The van der Waals surface area contributed by atoms with Gasteiger partial charge in [-0.15, -0.1) is 11.8 Å². The van der Waals surface area contributed by atoms with Gasteiger partial charge in [0, 0.05) is 42.5 Å². The van der Waals surface area contributed by atoms with Crippen molar-refractivity contribution in [2.45, 2.75) is 38.3 Å². The molecule has 1 aromatic carbocycles. The second-order valence-corrected chi connectivity index (χ2v) is 7.67. The number of carbonyl (C=O) groups excluding carboxylic acids is 1. The van der Waals surface area contributed by atoms with Crippen LogP contribution in [0.25, 0.3) is 10.9 Å². The highest BCUT2D eigenvalue weighted by Gasteiger charge is 2.08. The lowest BCUT2D eigenvalue weighted by atomic mass is 10.1. The van der Waals surface area contributed by atoms with E-state index in [4.69, 9.17) is 4.98 Å². The highest BCUT2D eigenvalue weighted by Crippen LogP contribution is 2.24. The average molecular weight is 369 g/mol. The number of hydrogen-bond donors (Lipinski definition) is 1. The van der Waals surface area contributed by atoms with Crippen LogP contribution in [-0.2, 0) is 4.79 Å². The number of carbonyl (C=O) groups is 1. The van der Waals surface area contributed by atoms with Crippen LogP contribution in [0.5, 0.6) is 0 Å². The van der Waals surface area contributed by atoms with Gasteiger partial charge in [0.05, 0.1) is 16.9 Å². The van der Waals surface area contributed by atoms with Gasteiger partial charge in [0.1, 0.15) is 0 Å². The molecule has 136 valence electrons. The van der Waals surface area contributed by atoms with Gasteiger partial charge in [-0.2, -0.15) is 0 Å². The van der Waals surface area contributed by atoms with Crippen LogP contribution in [0.15, 0.2) is 48.0 Å². The standard InChI is InChI=1S/C20H24N4OS/c1-14-4-5-18-17(10-14)15(2)11-20(23-18)26-9-6-19(25)22-12-16(3)24-8-7-21-13-24/h4-5,7-8,10-11,13,16H,6,9,12H2,1-3H3,(H,22,25)/t16-/m1/s1. The molecule has 0 radical (unpaired) electrons. The fraction of sp³-hybridized carbons (Fsp3) is 0.350. The summed E-state index contributed by atoms with van der Waals surface area (Å²) < 4.78 is 1.98. The van der Waals surface area contributed by atoms with Crippen molar-refractivity contribution in [3.05, 3.63) is 54.1 Å². The molecule has 0 bridgehead atoms. The number of hydrogen-bond acceptors (Lipinski definition) is 4. The molecule has 0 fully saturated rings. The predicted molar refractivity (Wildman–Crippen MR) is 107 cm³/mol. The molecule has 2 heterocycles. The summed E-state index contributed by atoms with van der Waals surface area (Å²) in [5.74, 6) is 0.785. The quantitative estimate of drug-likeness (QED) is 0.643. The van der Waals surface area contributed by atoms with Gasteiger partial charge in [0.25, 0.3) is 0 Å². The first-order valence-electron chi connectivity index (χ1n) is 8.78. The van der Waals surface area contributed by atoms with Gasteiger partial charge in [-0.05, 0) is 44.5 Å². The van der Waals surface area contributed by atoms with E-state index in [1.54, 1.807) is 24.3 Å². The topological polar surface area (TPSA) is 59.8 Å². The maximum Gasteiger partial charge on any atom is 0.220 e. The third-order valence-electron chi connectivity index (χ3n) is 4.36. The molecule has 26 heavy (non-hydrogen) atoms. The van der Waals surface area contributed by atoms with Gasteiger partial charge in [0.2, 0.25) is 5.91 Å². The van der Waals surface area contributed by atoms with E-state index < -0.39 is 0 Å². The minimum atomic E-state index is 0.0672. The van der Waals surface area contributed by atoms with E-state index in [9.17, 15) is 4.79 Å². The molecular weight excluding hydrogens is 344 g/mol. The van der Waals surface area contributed by atoms with E-state index in [-0.39, 0.29) is 11.9 Å². The molecule has 5 nitrogen and oxygen atoms in total. The summed E-state index contributed by atoms with van der Waals surface area (Å²) in [6.45, 7) is 6.86. The predicted octanol–water partition coefficient (Wildman–Crippen LogP) is 3.91. The molecular formula is C20H24N4OS. The molecule has 3 rings (SSSR count). The second kappa shape index (κ2) is 8.36. The van der Waals surface area contributed by atoms with Crippen molar-refractivity contribution in [1.82, 2.24) is 19.9 Å². The fourth-order valence-corrected chi connectivity index (χ4v) is 3.70. The Hall–Kier alpha value is -2.34. The van der Waals surface area contributed by atoms with Crippen LogP contribution >= 0.6 is 11.8 Å². The van der Waals surface area contributed by atoms with Crippen molar-refractivity contribution < 1.29 is 4.79 Å². The minimum absolute atomic E-state index is 0.0672. The summed E-state index contributed by atoms with van der Waals surface area (Å²) in [7, 11) is 0. The highest BCUT2D eigenvalue weighted by molar-refractivity contribution is 7.99. The number of thioether (sulfide) groups is 1. The molecule has 1 N–H and O–H groups in total. The fourth-order valence-electron chi connectivity index (χ4n) is 2.78. The normalized spacial score (nSPS) is 12.3. The molecule has 6 heteroatoms. The van der Waals surface area contributed by atoms with Crippen LogP contribution in [-0.4, -0.2) is 32.7 Å². The van der Waals surface area contributed by atoms with Gasteiger partial charge in [-0.3, -0.25) is 4.79 Å². The van der Waals surface area contributed by atoms with E-state index in [0.29, 0.717) is 13.0 Å². The number of fused-ring (bicyclic) bond motifs is 1. The lowest BCUT2D eigenvalue weighted by molar-refractivity contribution is -0.120. The summed E-state index contributed by atoms with van der Waals surface area (Å²) in [4.78, 5) is 20.8.